The molecule has 4 nitrogen and oxygen atoms in total. The van der Waals surface area contributed by atoms with Gasteiger partial charge in [-0.25, -0.2) is 9.68 Å². The van der Waals surface area contributed by atoms with E-state index in [1.807, 2.05) is 18.2 Å². The Bertz CT molecular complexity index is 345. The third kappa shape index (κ3) is 15.0. The molecule has 0 aromatic carbocycles. The molecule has 0 radical (unpaired) electrons. The van der Waals surface area contributed by atoms with Crippen LogP contribution in [0.2, 0.25) is 0 Å². The summed E-state index contributed by atoms with van der Waals surface area (Å²) in [6.07, 6.45) is 19.8. The number of hydrogen-bond donors (Lipinski definition) is 2. The first kappa shape index (κ1) is 20.6. The van der Waals surface area contributed by atoms with Crippen molar-refractivity contribution in [2.75, 3.05) is 0 Å². The molecule has 0 spiro atoms. The topological polar surface area (TPSA) is 66.8 Å². The minimum absolute atomic E-state index is 0.211. The summed E-state index contributed by atoms with van der Waals surface area (Å²) in [5.41, 5.74) is 0. The maximum absolute atomic E-state index is 10.3. The normalized spacial score (nSPS) is 13.5. The predicted molar refractivity (Wildman–Crippen MR) is 89.8 cm³/mol. The van der Waals surface area contributed by atoms with Gasteiger partial charge in [-0.3, -0.25) is 5.26 Å². The third-order valence-electron chi connectivity index (χ3n) is 3.30. The molecule has 0 aliphatic carbocycles. The summed E-state index contributed by atoms with van der Waals surface area (Å²) in [6.45, 7) is 2.15. The Labute approximate surface area is 134 Å². The van der Waals surface area contributed by atoms with Gasteiger partial charge in [-0.15, -0.1) is 0 Å². The van der Waals surface area contributed by atoms with Crippen molar-refractivity contribution in [1.29, 1.82) is 0 Å². The molecule has 0 aromatic rings. The maximum atomic E-state index is 10.3. The summed E-state index contributed by atoms with van der Waals surface area (Å²) in [5.74, 6) is -0.880. The van der Waals surface area contributed by atoms with Crippen LogP contribution in [0.3, 0.4) is 0 Å². The smallest absolute Gasteiger partial charge is 0.327 e. The Balaban J connectivity index is 3.59. The average molecular weight is 310 g/mol. The molecule has 0 aromatic heterocycles. The molecular formula is C18H30O4. The van der Waals surface area contributed by atoms with Crippen molar-refractivity contribution in [3.05, 3.63) is 36.5 Å². The summed E-state index contributed by atoms with van der Waals surface area (Å²) in [5, 5.41) is 17.2. The third-order valence-corrected chi connectivity index (χ3v) is 3.30. The van der Waals surface area contributed by atoms with Crippen LogP contribution in [0.25, 0.3) is 0 Å². The summed E-state index contributed by atoms with van der Waals surface area (Å²) in [7, 11) is 0. The molecule has 2 N–H and O–H groups in total. The zero-order chi connectivity index (χ0) is 16.5. The van der Waals surface area contributed by atoms with Crippen LogP contribution >= 0.6 is 0 Å². The van der Waals surface area contributed by atoms with Crippen molar-refractivity contribution in [2.24, 2.45) is 0 Å². The van der Waals surface area contributed by atoms with E-state index in [2.05, 4.69) is 17.9 Å². The van der Waals surface area contributed by atoms with Crippen molar-refractivity contribution < 1.29 is 20.0 Å². The van der Waals surface area contributed by atoms with Crippen LogP contribution < -0.4 is 0 Å². The molecule has 22 heavy (non-hydrogen) atoms. The zero-order valence-electron chi connectivity index (χ0n) is 13.6. The first-order valence-corrected chi connectivity index (χ1v) is 8.23. The Morgan fingerprint density at radius 3 is 2.41 bits per heavy atom. The molecule has 1 atom stereocenters. The monoisotopic (exact) mass is 310 g/mol. The van der Waals surface area contributed by atoms with Crippen LogP contribution in [0.1, 0.15) is 64.7 Å². The fourth-order valence-corrected chi connectivity index (χ4v) is 2.03. The number of carbonyl (C=O) groups is 1. The molecule has 0 fully saturated rings. The summed E-state index contributed by atoms with van der Waals surface area (Å²) < 4.78 is 0. The highest BCUT2D eigenvalue weighted by Crippen LogP contribution is 2.08. The average Bonchev–Trinajstić information content (AvgIpc) is 2.50. The van der Waals surface area contributed by atoms with Gasteiger partial charge in [0.05, 0.1) is 0 Å². The van der Waals surface area contributed by atoms with Gasteiger partial charge >= 0.3 is 5.97 Å². The van der Waals surface area contributed by atoms with E-state index in [0.717, 1.165) is 57.8 Å². The van der Waals surface area contributed by atoms with Gasteiger partial charge in [-0.1, -0.05) is 63.0 Å². The van der Waals surface area contributed by atoms with Crippen molar-refractivity contribution in [1.82, 2.24) is 0 Å². The summed E-state index contributed by atoms with van der Waals surface area (Å²) in [6, 6.07) is 0. The molecule has 0 rings (SSSR count). The van der Waals surface area contributed by atoms with Crippen LogP contribution in [0.5, 0.6) is 0 Å². The number of carboxylic acid groups (broad SMARTS) is 1. The highest BCUT2D eigenvalue weighted by molar-refractivity contribution is 5.79. The van der Waals surface area contributed by atoms with E-state index >= 15 is 0 Å². The summed E-state index contributed by atoms with van der Waals surface area (Å²) >= 11 is 0. The molecule has 0 aliphatic rings. The lowest BCUT2D eigenvalue weighted by Crippen LogP contribution is -2.06. The van der Waals surface area contributed by atoms with Crippen LogP contribution in [0.4, 0.5) is 0 Å². The molecule has 0 heterocycles. The lowest BCUT2D eigenvalue weighted by atomic mass is 10.1. The first-order chi connectivity index (χ1) is 10.7. The van der Waals surface area contributed by atoms with Crippen LogP contribution in [0, 0.1) is 0 Å². The molecule has 4 heteroatoms. The van der Waals surface area contributed by atoms with Crippen LogP contribution in [-0.4, -0.2) is 22.4 Å². The predicted octanol–water partition coefficient (Wildman–Crippen LogP) is 5.13. The lowest BCUT2D eigenvalue weighted by Gasteiger charge is -2.07. The van der Waals surface area contributed by atoms with Gasteiger partial charge < -0.3 is 5.11 Å². The van der Waals surface area contributed by atoms with Gasteiger partial charge in [0.2, 0.25) is 0 Å². The van der Waals surface area contributed by atoms with E-state index in [0.29, 0.717) is 0 Å². The van der Waals surface area contributed by atoms with Gasteiger partial charge in [0.15, 0.2) is 0 Å². The number of carboxylic acids is 1. The Morgan fingerprint density at radius 1 is 1.05 bits per heavy atom. The van der Waals surface area contributed by atoms with Gasteiger partial charge in [-0.2, -0.15) is 0 Å². The van der Waals surface area contributed by atoms with Gasteiger partial charge in [0.1, 0.15) is 6.10 Å². The summed E-state index contributed by atoms with van der Waals surface area (Å²) in [4.78, 5) is 14.7. The second-order valence-electron chi connectivity index (χ2n) is 5.33. The van der Waals surface area contributed by atoms with E-state index in [4.69, 9.17) is 10.4 Å². The highest BCUT2D eigenvalue weighted by atomic mass is 17.1. The molecule has 0 bridgehead atoms. The molecule has 0 unspecified atom stereocenters. The number of aliphatic carboxylic acids is 1. The largest absolute Gasteiger partial charge is 0.478 e. The van der Waals surface area contributed by atoms with E-state index in [1.54, 1.807) is 6.08 Å². The maximum Gasteiger partial charge on any atom is 0.327 e. The van der Waals surface area contributed by atoms with Crippen molar-refractivity contribution in [3.8, 4) is 0 Å². The quantitative estimate of drug-likeness (QED) is 0.153. The number of unbranched alkanes of at least 4 members (excludes halogenated alkanes) is 6. The van der Waals surface area contributed by atoms with Crippen LogP contribution in [-0.2, 0) is 9.68 Å². The lowest BCUT2D eigenvalue weighted by molar-refractivity contribution is -0.267. The Morgan fingerprint density at radius 2 is 1.77 bits per heavy atom. The molecule has 126 valence electrons. The molecule has 0 amide bonds. The second-order valence-corrected chi connectivity index (χ2v) is 5.33. The fourth-order valence-electron chi connectivity index (χ4n) is 2.03. The standard InChI is InChI=1S/C18H30O4/c1-2-3-11-14-17(22-21)15-12-9-7-5-4-6-8-10-13-16-18(19)20/h7,9,12-13,15-17,21H,2-6,8,10-11,14H2,1H3,(H,19,20)/t17-/m0/s1. The minimum Gasteiger partial charge on any atom is -0.478 e. The number of rotatable bonds is 14. The Hall–Kier alpha value is -1.39. The first-order valence-electron chi connectivity index (χ1n) is 8.23. The van der Waals surface area contributed by atoms with E-state index < -0.39 is 5.97 Å². The van der Waals surface area contributed by atoms with E-state index in [1.165, 1.54) is 6.08 Å². The molecule has 0 saturated heterocycles. The van der Waals surface area contributed by atoms with Gasteiger partial charge in [-0.05, 0) is 32.1 Å². The SMILES string of the molecule is CCCCC[C@@H](C=CC=CCCCCCC=CC(=O)O)OO. The van der Waals surface area contributed by atoms with E-state index in [-0.39, 0.29) is 6.10 Å². The fraction of sp³-hybridized carbons (Fsp3) is 0.611. The van der Waals surface area contributed by atoms with Crippen molar-refractivity contribution in [2.45, 2.75) is 70.8 Å². The van der Waals surface area contributed by atoms with E-state index in [9.17, 15) is 4.79 Å². The number of allylic oxidation sites excluding steroid dienone is 4. The molecule has 0 aliphatic heterocycles. The molecular weight excluding hydrogens is 280 g/mol. The second kappa shape index (κ2) is 16.0. The van der Waals surface area contributed by atoms with Crippen molar-refractivity contribution in [3.63, 3.8) is 0 Å². The van der Waals surface area contributed by atoms with Gasteiger partial charge in [0.25, 0.3) is 0 Å². The zero-order valence-corrected chi connectivity index (χ0v) is 13.6. The van der Waals surface area contributed by atoms with Crippen LogP contribution in [0.15, 0.2) is 36.5 Å². The van der Waals surface area contributed by atoms with Crippen molar-refractivity contribution >= 4 is 5.97 Å². The minimum atomic E-state index is -0.880. The highest BCUT2D eigenvalue weighted by Gasteiger charge is 2.02. The number of hydrogen-bond acceptors (Lipinski definition) is 3. The molecule has 0 saturated carbocycles. The Kier molecular flexibility index (Phi) is 15.0. The van der Waals surface area contributed by atoms with Gasteiger partial charge in [0, 0.05) is 6.08 Å².